The normalized spacial score (nSPS) is 15.3. The monoisotopic (exact) mass is 1130 g/mol. The smallest absolute Gasteiger partial charge is 0.462 e. The van der Waals surface area contributed by atoms with Gasteiger partial charge in [-0.25, -0.2) is 9.13 Å². The first-order valence-electron chi connectivity index (χ1n) is 29.9. The highest BCUT2D eigenvalue weighted by Gasteiger charge is 2.30. The molecule has 3 N–H and O–H groups in total. The van der Waals surface area contributed by atoms with Crippen molar-refractivity contribution in [2.45, 2.75) is 285 Å². The first-order chi connectivity index (χ1) is 36.3. The van der Waals surface area contributed by atoms with Crippen LogP contribution in [0.4, 0.5) is 0 Å². The number of carbonyl (C=O) groups is 4. The van der Waals surface area contributed by atoms with E-state index in [0.29, 0.717) is 31.6 Å². The standard InChI is InChI=1S/C57H110O17P2/c1-8-11-12-13-14-24-31-38-54(59)67-44-52(73-56(61)40-33-26-18-15-21-28-35-48(4)5)46-71-75(63,64)69-42-51(58)43-70-76(65,66)72-47-53(74-57(62)41-34-27-20-17-23-30-37-50(7)10-3)45-68-55(60)39-32-25-19-16-22-29-36-49(6)9-2/h48-53,58H,8-47H2,1-7H3,(H,63,64)(H,65,66)/t49?,50?,51-,52+,53+/m0/s1. The molecule has 4 unspecified atom stereocenters. The zero-order valence-corrected chi connectivity index (χ0v) is 50.5. The highest BCUT2D eigenvalue weighted by atomic mass is 31.2. The van der Waals surface area contributed by atoms with Gasteiger partial charge in [0.15, 0.2) is 12.2 Å². The number of phosphoric ester groups is 2. The van der Waals surface area contributed by atoms with Gasteiger partial charge in [0.2, 0.25) is 0 Å². The highest BCUT2D eigenvalue weighted by Crippen LogP contribution is 2.45. The predicted molar refractivity (Wildman–Crippen MR) is 298 cm³/mol. The molecule has 17 nitrogen and oxygen atoms in total. The van der Waals surface area contributed by atoms with Crippen molar-refractivity contribution in [3.63, 3.8) is 0 Å². The van der Waals surface area contributed by atoms with E-state index >= 15 is 0 Å². The van der Waals surface area contributed by atoms with E-state index in [4.69, 9.17) is 37.0 Å². The Morgan fingerprint density at radius 3 is 1.00 bits per heavy atom. The van der Waals surface area contributed by atoms with Gasteiger partial charge in [-0.3, -0.25) is 37.3 Å². The van der Waals surface area contributed by atoms with Crippen LogP contribution >= 0.6 is 15.6 Å². The van der Waals surface area contributed by atoms with E-state index in [1.54, 1.807) is 0 Å². The van der Waals surface area contributed by atoms with Crippen molar-refractivity contribution in [2.24, 2.45) is 17.8 Å². The number of aliphatic hydroxyl groups is 1. The minimum atomic E-state index is -4.94. The summed E-state index contributed by atoms with van der Waals surface area (Å²) in [4.78, 5) is 71.7. The van der Waals surface area contributed by atoms with Crippen LogP contribution in [0, 0.1) is 17.8 Å². The number of unbranched alkanes of at least 4 members (excludes halogenated alkanes) is 21. The minimum Gasteiger partial charge on any atom is -0.462 e. The van der Waals surface area contributed by atoms with Crippen LogP contribution in [0.1, 0.15) is 267 Å². The summed E-state index contributed by atoms with van der Waals surface area (Å²) < 4.78 is 67.5. The quantitative estimate of drug-likeness (QED) is 0.0222. The van der Waals surface area contributed by atoms with Gasteiger partial charge in [-0.05, 0) is 43.4 Å². The van der Waals surface area contributed by atoms with Crippen LogP contribution in [0.25, 0.3) is 0 Å². The fourth-order valence-corrected chi connectivity index (χ4v) is 9.76. The number of phosphoric acid groups is 2. The number of aliphatic hydroxyl groups excluding tert-OH is 1. The van der Waals surface area contributed by atoms with Crippen molar-refractivity contribution in [2.75, 3.05) is 39.6 Å². The third-order valence-corrected chi connectivity index (χ3v) is 15.5. The Hall–Kier alpha value is -1.94. The van der Waals surface area contributed by atoms with Gasteiger partial charge < -0.3 is 33.8 Å². The largest absolute Gasteiger partial charge is 0.472 e. The molecule has 0 saturated carbocycles. The number of hydrogen-bond donors (Lipinski definition) is 3. The molecular weight excluding hydrogens is 1020 g/mol. The fourth-order valence-electron chi connectivity index (χ4n) is 8.18. The molecule has 0 heterocycles. The SMILES string of the molecule is CCCCCCCCCC(=O)OC[C@H](COP(=O)(O)OC[C@H](O)COP(=O)(O)OC[C@@H](COC(=O)CCCCCCCCC(C)CC)OC(=O)CCCCCCCCC(C)CC)OC(=O)CCCCCCCCC(C)C. The summed E-state index contributed by atoms with van der Waals surface area (Å²) in [6.07, 6.45) is 27.0. The molecule has 0 aromatic carbocycles. The van der Waals surface area contributed by atoms with Crippen molar-refractivity contribution in [1.29, 1.82) is 0 Å². The first kappa shape index (κ1) is 74.1. The average Bonchev–Trinajstić information content (AvgIpc) is 3.38. The van der Waals surface area contributed by atoms with Crippen molar-refractivity contribution < 1.29 is 80.2 Å². The van der Waals surface area contributed by atoms with Crippen molar-refractivity contribution >= 4 is 39.5 Å². The molecule has 0 radical (unpaired) electrons. The third-order valence-electron chi connectivity index (χ3n) is 13.6. The summed E-state index contributed by atoms with van der Waals surface area (Å²) in [5.41, 5.74) is 0. The second-order valence-electron chi connectivity index (χ2n) is 21.6. The number of ether oxygens (including phenoxy) is 4. The van der Waals surface area contributed by atoms with E-state index in [0.717, 1.165) is 121 Å². The summed E-state index contributed by atoms with van der Waals surface area (Å²) in [6.45, 7) is 11.5. The maximum atomic E-state index is 12.9. The Morgan fingerprint density at radius 1 is 0.382 bits per heavy atom. The average molecular weight is 1130 g/mol. The molecule has 0 spiro atoms. The van der Waals surface area contributed by atoms with Crippen LogP contribution in [-0.4, -0.2) is 96.7 Å². The molecule has 0 amide bonds. The van der Waals surface area contributed by atoms with Crippen LogP contribution < -0.4 is 0 Å². The summed E-state index contributed by atoms with van der Waals surface area (Å²) in [5, 5.41) is 10.5. The number of esters is 4. The van der Waals surface area contributed by atoms with E-state index in [9.17, 15) is 43.2 Å². The number of rotatable bonds is 55. The third kappa shape index (κ3) is 49.1. The lowest BCUT2D eigenvalue weighted by Gasteiger charge is -2.21. The van der Waals surface area contributed by atoms with Gasteiger partial charge in [-0.2, -0.15) is 0 Å². The molecule has 0 aromatic heterocycles. The van der Waals surface area contributed by atoms with Crippen LogP contribution in [0.5, 0.6) is 0 Å². The molecule has 76 heavy (non-hydrogen) atoms. The molecule has 450 valence electrons. The summed E-state index contributed by atoms with van der Waals surface area (Å²) in [6, 6.07) is 0. The highest BCUT2D eigenvalue weighted by molar-refractivity contribution is 7.47. The van der Waals surface area contributed by atoms with Crippen molar-refractivity contribution in [3.8, 4) is 0 Å². The van der Waals surface area contributed by atoms with Gasteiger partial charge in [0.1, 0.15) is 19.3 Å². The van der Waals surface area contributed by atoms with Gasteiger partial charge in [-0.15, -0.1) is 0 Å². The molecular formula is C57H110O17P2. The molecule has 0 aliphatic carbocycles. The second-order valence-corrected chi connectivity index (χ2v) is 24.5. The van der Waals surface area contributed by atoms with Crippen LogP contribution in [0.15, 0.2) is 0 Å². The molecule has 7 atom stereocenters. The van der Waals surface area contributed by atoms with Gasteiger partial charge >= 0.3 is 39.5 Å². The summed E-state index contributed by atoms with van der Waals surface area (Å²) in [5.74, 6) is -0.0369. The maximum Gasteiger partial charge on any atom is 0.472 e. The molecule has 0 aromatic rings. The molecule has 0 bridgehead atoms. The lowest BCUT2D eigenvalue weighted by atomic mass is 10.00. The molecule has 19 heteroatoms. The molecule has 0 saturated heterocycles. The van der Waals surface area contributed by atoms with Crippen molar-refractivity contribution in [1.82, 2.24) is 0 Å². The Balaban J connectivity index is 5.24. The van der Waals surface area contributed by atoms with Gasteiger partial charge in [0.05, 0.1) is 26.4 Å². The fraction of sp³-hybridized carbons (Fsp3) is 0.930. The molecule has 0 aliphatic heterocycles. The minimum absolute atomic E-state index is 0.101. The van der Waals surface area contributed by atoms with Gasteiger partial charge in [0, 0.05) is 25.7 Å². The maximum absolute atomic E-state index is 12.9. The lowest BCUT2D eigenvalue weighted by Crippen LogP contribution is -2.30. The van der Waals surface area contributed by atoms with Gasteiger partial charge in [0.25, 0.3) is 0 Å². The zero-order valence-electron chi connectivity index (χ0n) is 48.7. The number of carbonyl (C=O) groups excluding carboxylic acids is 4. The van der Waals surface area contributed by atoms with E-state index in [-0.39, 0.29) is 25.7 Å². The first-order valence-corrected chi connectivity index (χ1v) is 32.9. The second kappa shape index (κ2) is 48.9. The molecule has 0 aliphatic rings. The van der Waals surface area contributed by atoms with Crippen LogP contribution in [0.2, 0.25) is 0 Å². The topological polar surface area (TPSA) is 237 Å². The summed E-state index contributed by atoms with van der Waals surface area (Å²) in [7, 11) is -9.87. The molecule has 0 fully saturated rings. The Morgan fingerprint density at radius 2 is 0.671 bits per heavy atom. The lowest BCUT2D eigenvalue weighted by molar-refractivity contribution is -0.161. The zero-order chi connectivity index (χ0) is 56.7. The van der Waals surface area contributed by atoms with Crippen LogP contribution in [0.3, 0.4) is 0 Å². The van der Waals surface area contributed by atoms with E-state index in [2.05, 4.69) is 48.5 Å². The van der Waals surface area contributed by atoms with Crippen molar-refractivity contribution in [3.05, 3.63) is 0 Å². The van der Waals surface area contributed by atoms with Gasteiger partial charge in [-0.1, -0.05) is 215 Å². The molecule has 0 rings (SSSR count). The number of hydrogen-bond acceptors (Lipinski definition) is 15. The summed E-state index contributed by atoms with van der Waals surface area (Å²) >= 11 is 0. The van der Waals surface area contributed by atoms with E-state index in [1.165, 1.54) is 57.8 Å². The Bertz CT molecular complexity index is 1530. The Kier molecular flexibility index (Phi) is 47.7. The van der Waals surface area contributed by atoms with E-state index in [1.807, 2.05) is 0 Å². The Labute approximate surface area is 460 Å². The predicted octanol–water partition coefficient (Wildman–Crippen LogP) is 14.8. The van der Waals surface area contributed by atoms with E-state index < -0.39 is 97.5 Å². The van der Waals surface area contributed by atoms with Crippen LogP contribution in [-0.2, 0) is 65.4 Å².